The lowest BCUT2D eigenvalue weighted by Crippen LogP contribution is -2.16. The van der Waals surface area contributed by atoms with E-state index in [1.165, 1.54) is 0 Å². The third-order valence-corrected chi connectivity index (χ3v) is 9.82. The molecule has 5 aromatic carbocycles. The number of fused-ring (bicyclic) bond motifs is 5. The van der Waals surface area contributed by atoms with Crippen molar-refractivity contribution >= 4 is 70.7 Å². The lowest BCUT2D eigenvalue weighted by molar-refractivity contribution is 0.591. The van der Waals surface area contributed by atoms with Gasteiger partial charge in [0.1, 0.15) is 0 Å². The Labute approximate surface area is 253 Å². The molecule has 4 nitrogen and oxygen atoms in total. The van der Waals surface area contributed by atoms with Crippen molar-refractivity contribution in [3.05, 3.63) is 117 Å². The average Bonchev–Trinajstić information content (AvgIpc) is 3.50. The smallest absolute Gasteiger partial charge is 0.199 e. The van der Waals surface area contributed by atoms with E-state index in [9.17, 15) is 4.79 Å². The van der Waals surface area contributed by atoms with Crippen molar-refractivity contribution in [2.45, 2.75) is 52.4 Å². The highest BCUT2D eigenvalue weighted by Crippen LogP contribution is 2.44. The van der Waals surface area contributed by atoms with E-state index in [1.54, 1.807) is 0 Å². The Balaban J connectivity index is 1.68. The molecular weight excluding hydrogens is 540 g/mol. The fraction of sp³-hybridized carbons (Fsp3) is 0.200. The Morgan fingerprint density at radius 1 is 0.477 bits per heavy atom. The molecule has 0 atom stereocenters. The van der Waals surface area contributed by atoms with E-state index in [2.05, 4.69) is 99.0 Å². The van der Waals surface area contributed by atoms with Crippen LogP contribution in [0.25, 0.3) is 76.4 Å². The largest absolute Gasteiger partial charge is 0.308 e. The summed E-state index contributed by atoms with van der Waals surface area (Å²) in [6.07, 6.45) is 0. The average molecular weight is 573 g/mol. The topological polar surface area (TPSA) is 43.5 Å². The minimum atomic E-state index is -0.170. The van der Waals surface area contributed by atoms with Crippen molar-refractivity contribution < 1.29 is 0 Å². The van der Waals surface area contributed by atoms with Gasteiger partial charge in [-0.25, -0.2) is 0 Å². The third kappa shape index (κ3) is 3.03. The van der Waals surface area contributed by atoms with Gasteiger partial charge in [-0.05, 0) is 70.5 Å². The van der Waals surface area contributed by atoms with Crippen LogP contribution in [0.1, 0.15) is 52.7 Å². The van der Waals surface area contributed by atoms with Crippen LogP contribution < -0.4 is 10.9 Å². The number of pyridine rings is 2. The molecule has 0 unspecified atom stereocenters. The molecule has 0 aliphatic carbocycles. The SMILES string of the molecule is CC(C)(C)c1cc2c(=O)c3cc4c5ccccc5n(-c5ccccc5)c4c4c(=O)c5cc(C(C)(C)C)cc6c(c1)c2n(c56)c34. The number of benzene rings is 5. The number of hydrogen-bond acceptors (Lipinski definition) is 2. The molecule has 214 valence electrons. The van der Waals surface area contributed by atoms with Gasteiger partial charge < -0.3 is 8.97 Å². The molecule has 0 amide bonds. The van der Waals surface area contributed by atoms with Gasteiger partial charge in [-0.1, -0.05) is 77.9 Å². The first-order valence-electron chi connectivity index (χ1n) is 15.4. The van der Waals surface area contributed by atoms with Gasteiger partial charge in [-0.3, -0.25) is 9.59 Å². The molecule has 0 saturated carbocycles. The maximum absolute atomic E-state index is 15.1. The molecule has 4 heteroatoms. The van der Waals surface area contributed by atoms with Gasteiger partial charge in [0.25, 0.3) is 0 Å². The van der Waals surface area contributed by atoms with E-state index in [4.69, 9.17) is 0 Å². The van der Waals surface area contributed by atoms with Gasteiger partial charge >= 0.3 is 0 Å². The highest BCUT2D eigenvalue weighted by Gasteiger charge is 2.30. The minimum absolute atomic E-state index is 0.0154. The van der Waals surface area contributed by atoms with Crippen LogP contribution in [0.4, 0.5) is 0 Å². The second-order valence-electron chi connectivity index (χ2n) is 14.6. The predicted octanol–water partition coefficient (Wildman–Crippen LogP) is 9.28. The molecule has 4 heterocycles. The Morgan fingerprint density at radius 2 is 0.977 bits per heavy atom. The van der Waals surface area contributed by atoms with Gasteiger partial charge in [0, 0.05) is 43.4 Å². The Hall–Kier alpha value is -4.96. The Morgan fingerprint density at radius 3 is 1.59 bits per heavy atom. The second-order valence-corrected chi connectivity index (χ2v) is 14.6. The number of aromatic nitrogens is 2. The molecule has 0 bridgehead atoms. The van der Waals surface area contributed by atoms with Crippen molar-refractivity contribution in [1.82, 2.24) is 8.97 Å². The maximum atomic E-state index is 15.1. The van der Waals surface area contributed by atoms with E-state index in [1.807, 2.05) is 36.4 Å². The van der Waals surface area contributed by atoms with Gasteiger partial charge in [0.2, 0.25) is 0 Å². The lowest BCUT2D eigenvalue weighted by atomic mass is 9.84. The number of rotatable bonds is 1. The van der Waals surface area contributed by atoms with Gasteiger partial charge in [-0.15, -0.1) is 0 Å². The van der Waals surface area contributed by atoms with E-state index < -0.39 is 0 Å². The normalized spacial score (nSPS) is 13.4. The summed E-state index contributed by atoms with van der Waals surface area (Å²) in [5.74, 6) is 0. The summed E-state index contributed by atoms with van der Waals surface area (Å²) in [5.41, 5.74) is 7.25. The van der Waals surface area contributed by atoms with Crippen LogP contribution in [-0.4, -0.2) is 8.97 Å². The summed E-state index contributed by atoms with van der Waals surface area (Å²) in [6, 6.07) is 29.2. The summed E-state index contributed by atoms with van der Waals surface area (Å²) in [4.78, 5) is 29.8. The summed E-state index contributed by atoms with van der Waals surface area (Å²) >= 11 is 0. The molecule has 0 fully saturated rings. The fourth-order valence-electron chi connectivity index (χ4n) is 7.57. The highest BCUT2D eigenvalue weighted by atomic mass is 16.1. The Kier molecular flexibility index (Phi) is 4.61. The molecule has 0 radical (unpaired) electrons. The molecule has 0 saturated heterocycles. The third-order valence-electron chi connectivity index (χ3n) is 9.82. The van der Waals surface area contributed by atoms with Crippen LogP contribution in [0.3, 0.4) is 0 Å². The van der Waals surface area contributed by atoms with Crippen LogP contribution in [0, 0.1) is 0 Å². The molecule has 0 spiro atoms. The molecule has 0 aliphatic rings. The first-order valence-corrected chi connectivity index (χ1v) is 15.4. The van der Waals surface area contributed by atoms with Crippen LogP contribution in [0.2, 0.25) is 0 Å². The molecule has 44 heavy (non-hydrogen) atoms. The van der Waals surface area contributed by atoms with E-state index in [-0.39, 0.29) is 21.7 Å². The van der Waals surface area contributed by atoms with Gasteiger partial charge in [0.05, 0.1) is 33.0 Å². The van der Waals surface area contributed by atoms with Crippen LogP contribution in [0.5, 0.6) is 0 Å². The molecule has 9 aromatic rings. The number of para-hydroxylation sites is 2. The number of hydrogen-bond donors (Lipinski definition) is 0. The van der Waals surface area contributed by atoms with E-state index in [0.717, 1.165) is 65.9 Å². The maximum Gasteiger partial charge on any atom is 0.199 e. The standard InChI is InChI=1S/C40H32N2O2/c1-39(2,3)21-16-25-26-17-22(40(4,5)6)19-29-34(26)42-33(25)28(18-21)37(43)30-20-27-24-14-10-11-15-31(24)41(23-12-8-7-9-13-23)35(27)32(36(30)42)38(29)44/h7-20H,1-6H3. The minimum Gasteiger partial charge on any atom is -0.308 e. The van der Waals surface area contributed by atoms with Crippen LogP contribution in [0.15, 0.2) is 94.5 Å². The van der Waals surface area contributed by atoms with Gasteiger partial charge in [0.15, 0.2) is 10.9 Å². The molecular formula is C40H32N2O2. The van der Waals surface area contributed by atoms with Crippen LogP contribution in [-0.2, 0) is 10.8 Å². The quantitative estimate of drug-likeness (QED) is 0.145. The van der Waals surface area contributed by atoms with Gasteiger partial charge in [-0.2, -0.15) is 0 Å². The van der Waals surface area contributed by atoms with Crippen molar-refractivity contribution in [1.29, 1.82) is 0 Å². The fourth-order valence-corrected chi connectivity index (χ4v) is 7.57. The monoisotopic (exact) mass is 572 g/mol. The number of nitrogens with zero attached hydrogens (tertiary/aromatic N) is 2. The highest BCUT2D eigenvalue weighted by molar-refractivity contribution is 6.29. The summed E-state index contributed by atoms with van der Waals surface area (Å²) in [5, 5.41) is 6.65. The van der Waals surface area contributed by atoms with Crippen molar-refractivity contribution in [2.24, 2.45) is 0 Å². The summed E-state index contributed by atoms with van der Waals surface area (Å²) in [6.45, 7) is 13.1. The molecule has 0 N–H and O–H groups in total. The van der Waals surface area contributed by atoms with Crippen LogP contribution >= 0.6 is 0 Å². The lowest BCUT2D eigenvalue weighted by Gasteiger charge is -2.20. The van der Waals surface area contributed by atoms with Crippen molar-refractivity contribution in [2.75, 3.05) is 0 Å². The van der Waals surface area contributed by atoms with E-state index in [0.29, 0.717) is 21.5 Å². The summed E-state index contributed by atoms with van der Waals surface area (Å²) < 4.78 is 4.45. The summed E-state index contributed by atoms with van der Waals surface area (Å²) in [7, 11) is 0. The Bertz CT molecular complexity index is 2730. The predicted molar refractivity (Wildman–Crippen MR) is 185 cm³/mol. The first kappa shape index (κ1) is 25.5. The molecule has 4 aromatic heterocycles. The molecule has 9 rings (SSSR count). The zero-order valence-electron chi connectivity index (χ0n) is 25.8. The van der Waals surface area contributed by atoms with E-state index >= 15 is 4.79 Å². The zero-order valence-corrected chi connectivity index (χ0v) is 25.8. The van der Waals surface area contributed by atoms with Crippen molar-refractivity contribution in [3.8, 4) is 5.69 Å². The van der Waals surface area contributed by atoms with Crippen molar-refractivity contribution in [3.63, 3.8) is 0 Å². The first-order chi connectivity index (χ1) is 20.9. The molecule has 0 aliphatic heterocycles. The zero-order chi connectivity index (χ0) is 30.4. The second kappa shape index (κ2) is 7.95.